The Morgan fingerprint density at radius 2 is 1.41 bits per heavy atom. The number of anilines is 1. The molecule has 0 N–H and O–H groups in total. The number of amides is 1. The van der Waals surface area contributed by atoms with Crippen LogP contribution in [0.1, 0.15) is 45.5 Å². The van der Waals surface area contributed by atoms with E-state index in [1.54, 1.807) is 23.2 Å². The van der Waals surface area contributed by atoms with Crippen LogP contribution in [0.4, 0.5) is 5.69 Å². The molecule has 7 rings (SSSR count). The SMILES string of the molecule is Cc1ccc(S(=O)(=O)n2cc(-c3ccc(C(=O)N(C)CCN(C)C)cc3)c3c(C)c(-c4cc(C)c(N5CCN(C6CCN(C)CC6)CC5)c(C)c4)cnc32)cc1. The topological polar surface area (TPSA) is 85.2 Å². The molecule has 0 unspecified atom stereocenters. The molecule has 2 aliphatic heterocycles. The average molecular weight is 776 g/mol. The number of carbonyl (C=O) groups excluding carboxylic acids is 1. The molecule has 2 aromatic heterocycles. The minimum atomic E-state index is -3.98. The summed E-state index contributed by atoms with van der Waals surface area (Å²) < 4.78 is 29.8. The van der Waals surface area contributed by atoms with Crippen LogP contribution in [0.3, 0.4) is 0 Å². The van der Waals surface area contributed by atoms with E-state index in [0.29, 0.717) is 23.8 Å². The number of aromatic nitrogens is 2. The first kappa shape index (κ1) is 39.7. The third-order valence-corrected chi connectivity index (χ3v) is 13.6. The van der Waals surface area contributed by atoms with Crippen molar-refractivity contribution in [2.24, 2.45) is 0 Å². The van der Waals surface area contributed by atoms with Crippen LogP contribution in [-0.4, -0.2) is 129 Å². The number of piperidine rings is 1. The van der Waals surface area contributed by atoms with Crippen molar-refractivity contribution in [2.45, 2.75) is 51.5 Å². The molecule has 1 amide bonds. The van der Waals surface area contributed by atoms with Crippen molar-refractivity contribution in [1.29, 1.82) is 0 Å². The minimum absolute atomic E-state index is 0.0590. The number of carbonyl (C=O) groups is 1. The summed E-state index contributed by atoms with van der Waals surface area (Å²) in [7, 11) is 4.03. The Morgan fingerprint density at radius 1 is 0.786 bits per heavy atom. The van der Waals surface area contributed by atoms with Gasteiger partial charge in [0, 0.05) is 92.5 Å². The fraction of sp³-hybridized carbons (Fsp3) is 0.422. The molecule has 0 spiro atoms. The maximum atomic E-state index is 14.3. The van der Waals surface area contributed by atoms with Gasteiger partial charge < -0.3 is 19.6 Å². The van der Waals surface area contributed by atoms with Gasteiger partial charge in [-0.15, -0.1) is 0 Å². The van der Waals surface area contributed by atoms with E-state index in [1.165, 1.54) is 46.7 Å². The Labute approximate surface area is 333 Å². The Morgan fingerprint density at radius 3 is 2.02 bits per heavy atom. The van der Waals surface area contributed by atoms with Gasteiger partial charge in [-0.25, -0.2) is 17.4 Å². The van der Waals surface area contributed by atoms with Crippen molar-refractivity contribution in [3.8, 4) is 22.3 Å². The molecule has 56 heavy (non-hydrogen) atoms. The van der Waals surface area contributed by atoms with E-state index < -0.39 is 10.0 Å². The molecule has 0 bridgehead atoms. The lowest BCUT2D eigenvalue weighted by Gasteiger charge is -2.43. The summed E-state index contributed by atoms with van der Waals surface area (Å²) in [4.78, 5) is 29.8. The number of hydrogen-bond donors (Lipinski definition) is 0. The molecular weight excluding hydrogens is 719 g/mol. The molecular formula is C45H57N7O3S. The van der Waals surface area contributed by atoms with Gasteiger partial charge in [0.15, 0.2) is 5.65 Å². The van der Waals surface area contributed by atoms with Crippen molar-refractivity contribution < 1.29 is 13.2 Å². The molecule has 296 valence electrons. The summed E-state index contributed by atoms with van der Waals surface area (Å²) in [5.74, 6) is -0.0590. The Bertz CT molecular complexity index is 2300. The van der Waals surface area contributed by atoms with Gasteiger partial charge in [0.05, 0.1) is 4.90 Å². The minimum Gasteiger partial charge on any atom is -0.369 e. The van der Waals surface area contributed by atoms with Gasteiger partial charge in [-0.05, 0) is 139 Å². The van der Waals surface area contributed by atoms with Crippen molar-refractivity contribution in [2.75, 3.05) is 85.4 Å². The van der Waals surface area contributed by atoms with Crippen LogP contribution < -0.4 is 4.90 Å². The number of rotatable bonds is 10. The Hall–Kier alpha value is -4.55. The summed E-state index contributed by atoms with van der Waals surface area (Å²) in [5.41, 5.74) is 10.2. The second kappa shape index (κ2) is 16.1. The second-order valence-corrected chi connectivity index (χ2v) is 18.1. The number of piperazine rings is 1. The maximum absolute atomic E-state index is 14.3. The largest absolute Gasteiger partial charge is 0.369 e. The zero-order valence-corrected chi connectivity index (χ0v) is 35.2. The number of nitrogens with zero attached hydrogens (tertiary/aromatic N) is 7. The van der Waals surface area contributed by atoms with Crippen LogP contribution in [-0.2, 0) is 10.0 Å². The van der Waals surface area contributed by atoms with Crippen LogP contribution in [0.2, 0.25) is 0 Å². The first-order valence-electron chi connectivity index (χ1n) is 19.9. The Kier molecular flexibility index (Phi) is 11.4. The van der Waals surface area contributed by atoms with E-state index in [0.717, 1.165) is 71.5 Å². The van der Waals surface area contributed by atoms with Gasteiger partial charge in [0.25, 0.3) is 15.9 Å². The van der Waals surface area contributed by atoms with Crippen LogP contribution in [0.25, 0.3) is 33.3 Å². The van der Waals surface area contributed by atoms with Crippen molar-refractivity contribution in [3.63, 3.8) is 0 Å². The smallest absolute Gasteiger partial charge is 0.269 e. The maximum Gasteiger partial charge on any atom is 0.269 e. The molecule has 0 saturated carbocycles. The summed E-state index contributed by atoms with van der Waals surface area (Å²) in [6, 6.07) is 19.6. The highest BCUT2D eigenvalue weighted by Crippen LogP contribution is 2.40. The van der Waals surface area contributed by atoms with Gasteiger partial charge in [-0.3, -0.25) is 9.69 Å². The van der Waals surface area contributed by atoms with E-state index in [4.69, 9.17) is 4.98 Å². The molecule has 11 heteroatoms. The molecule has 2 fully saturated rings. The van der Waals surface area contributed by atoms with E-state index in [2.05, 4.69) is 54.7 Å². The lowest BCUT2D eigenvalue weighted by atomic mass is 9.93. The monoisotopic (exact) mass is 775 g/mol. The number of likely N-dealkylation sites (N-methyl/N-ethyl adjacent to an activating group) is 2. The zero-order chi connectivity index (χ0) is 39.9. The van der Waals surface area contributed by atoms with Gasteiger partial charge in [0.2, 0.25) is 0 Å². The fourth-order valence-electron chi connectivity index (χ4n) is 8.58. The third-order valence-electron chi connectivity index (χ3n) is 11.9. The highest BCUT2D eigenvalue weighted by Gasteiger charge is 2.29. The van der Waals surface area contributed by atoms with Crippen molar-refractivity contribution in [3.05, 3.63) is 101 Å². The summed E-state index contributed by atoms with van der Waals surface area (Å²) in [6.07, 6.45) is 6.02. The molecule has 2 aliphatic rings. The van der Waals surface area contributed by atoms with Gasteiger partial charge >= 0.3 is 0 Å². The van der Waals surface area contributed by atoms with Crippen molar-refractivity contribution in [1.82, 2.24) is 28.6 Å². The highest BCUT2D eigenvalue weighted by molar-refractivity contribution is 7.90. The fourth-order valence-corrected chi connectivity index (χ4v) is 9.90. The lowest BCUT2D eigenvalue weighted by Crippen LogP contribution is -2.53. The number of pyridine rings is 1. The van der Waals surface area contributed by atoms with E-state index in [-0.39, 0.29) is 10.8 Å². The molecule has 4 heterocycles. The number of benzene rings is 3. The van der Waals surface area contributed by atoms with E-state index in [9.17, 15) is 13.2 Å². The van der Waals surface area contributed by atoms with Crippen LogP contribution in [0, 0.1) is 27.7 Å². The first-order valence-corrected chi connectivity index (χ1v) is 21.3. The third kappa shape index (κ3) is 7.87. The summed E-state index contributed by atoms with van der Waals surface area (Å²) in [5, 5.41) is 0.768. The zero-order valence-electron chi connectivity index (χ0n) is 34.3. The van der Waals surface area contributed by atoms with E-state index in [1.807, 2.05) is 75.6 Å². The Balaban J connectivity index is 1.25. The predicted octanol–water partition coefficient (Wildman–Crippen LogP) is 6.69. The van der Waals surface area contributed by atoms with Gasteiger partial charge in [-0.1, -0.05) is 29.8 Å². The standard InChI is InChI=1S/C45H57N7O3S/c1-31-9-15-39(16-10-31)56(54,55)52-30-41(35-11-13-36(14-12-35)45(53)49(8)22-21-47(5)6)42-34(4)40(29-46-44(42)52)37-27-32(2)43(33(3)28-37)51-25-23-50(24-26-51)38-17-19-48(7)20-18-38/h9-16,27-30,38H,17-26H2,1-8H3. The molecule has 5 aromatic rings. The van der Waals surface area contributed by atoms with Gasteiger partial charge in [0.1, 0.15) is 0 Å². The summed E-state index contributed by atoms with van der Waals surface area (Å²) in [6.45, 7) is 16.3. The van der Waals surface area contributed by atoms with Crippen molar-refractivity contribution >= 4 is 32.7 Å². The lowest BCUT2D eigenvalue weighted by molar-refractivity contribution is 0.0786. The predicted molar refractivity (Wildman–Crippen MR) is 228 cm³/mol. The molecule has 10 nitrogen and oxygen atoms in total. The first-order chi connectivity index (χ1) is 26.7. The molecule has 3 aromatic carbocycles. The molecule has 0 radical (unpaired) electrons. The highest BCUT2D eigenvalue weighted by atomic mass is 32.2. The molecule has 2 saturated heterocycles. The number of aryl methyl sites for hydroxylation is 4. The molecule has 0 atom stereocenters. The second-order valence-electron chi connectivity index (χ2n) is 16.3. The van der Waals surface area contributed by atoms with Crippen LogP contribution in [0.5, 0.6) is 0 Å². The number of hydrogen-bond acceptors (Lipinski definition) is 8. The van der Waals surface area contributed by atoms with E-state index >= 15 is 0 Å². The number of likely N-dealkylation sites (tertiary alicyclic amines) is 1. The number of fused-ring (bicyclic) bond motifs is 1. The quantitative estimate of drug-likeness (QED) is 0.155. The normalized spacial score (nSPS) is 16.3. The summed E-state index contributed by atoms with van der Waals surface area (Å²) >= 11 is 0. The van der Waals surface area contributed by atoms with Crippen LogP contribution >= 0.6 is 0 Å². The average Bonchev–Trinajstić information content (AvgIpc) is 3.59. The molecule has 0 aliphatic carbocycles. The van der Waals surface area contributed by atoms with Crippen LogP contribution in [0.15, 0.2) is 78.0 Å². The van der Waals surface area contributed by atoms with Gasteiger partial charge in [-0.2, -0.15) is 0 Å².